The lowest BCUT2D eigenvalue weighted by Crippen LogP contribution is -2.41. The van der Waals surface area contributed by atoms with Crippen LogP contribution in [0.25, 0.3) is 0 Å². The molecule has 1 amide bonds. The highest BCUT2D eigenvalue weighted by atomic mass is 32.2. The number of nitrogens with one attached hydrogen (secondary N) is 1. The molecule has 0 spiro atoms. The predicted octanol–water partition coefficient (Wildman–Crippen LogP) is 0.283. The molecule has 0 bridgehead atoms. The van der Waals surface area contributed by atoms with Crippen molar-refractivity contribution in [1.29, 1.82) is 0 Å². The zero-order chi connectivity index (χ0) is 14.5. The summed E-state index contributed by atoms with van der Waals surface area (Å²) in [6, 6.07) is 0. The van der Waals surface area contributed by atoms with Crippen molar-refractivity contribution in [2.24, 2.45) is 11.8 Å². The molecule has 0 rings (SSSR count). The Kier molecular flexibility index (Phi) is 6.31. The fraction of sp³-hybridized carbons (Fsp3) is 0.818. The average Bonchev–Trinajstić information content (AvgIpc) is 2.23. The molecular formula is C11H21NO5S. The van der Waals surface area contributed by atoms with E-state index in [9.17, 15) is 18.0 Å². The van der Waals surface area contributed by atoms with E-state index in [4.69, 9.17) is 5.11 Å². The van der Waals surface area contributed by atoms with Gasteiger partial charge in [0.1, 0.15) is 5.25 Å². The lowest BCUT2D eigenvalue weighted by atomic mass is 10.2. The summed E-state index contributed by atoms with van der Waals surface area (Å²) in [7, 11) is -3.74. The van der Waals surface area contributed by atoms with Crippen LogP contribution in [0.5, 0.6) is 0 Å². The van der Waals surface area contributed by atoms with Crippen LogP contribution in [-0.4, -0.2) is 42.9 Å². The molecule has 7 heteroatoms. The predicted molar refractivity (Wildman–Crippen MR) is 67.9 cm³/mol. The van der Waals surface area contributed by atoms with E-state index >= 15 is 0 Å². The van der Waals surface area contributed by atoms with Crippen LogP contribution in [-0.2, 0) is 19.4 Å². The summed E-state index contributed by atoms with van der Waals surface area (Å²) in [6.07, 6.45) is 0. The van der Waals surface area contributed by atoms with E-state index in [1.807, 2.05) is 13.8 Å². The molecule has 0 radical (unpaired) electrons. The van der Waals surface area contributed by atoms with Gasteiger partial charge in [0.05, 0.1) is 11.7 Å². The smallest absolute Gasteiger partial charge is 0.307 e. The van der Waals surface area contributed by atoms with E-state index in [2.05, 4.69) is 5.32 Å². The fourth-order valence-electron chi connectivity index (χ4n) is 1.18. The van der Waals surface area contributed by atoms with Gasteiger partial charge in [-0.2, -0.15) is 0 Å². The molecule has 0 aromatic heterocycles. The molecule has 106 valence electrons. The van der Waals surface area contributed by atoms with E-state index in [0.717, 1.165) is 0 Å². The molecule has 2 unspecified atom stereocenters. The Morgan fingerprint density at radius 3 is 2.06 bits per heavy atom. The summed E-state index contributed by atoms with van der Waals surface area (Å²) in [6.45, 7) is 6.77. The molecule has 0 saturated heterocycles. The number of rotatable bonds is 7. The molecule has 0 aliphatic rings. The van der Waals surface area contributed by atoms with E-state index in [-0.39, 0.29) is 5.92 Å². The monoisotopic (exact) mass is 279 g/mol. The van der Waals surface area contributed by atoms with Gasteiger partial charge in [-0.25, -0.2) is 8.42 Å². The van der Waals surface area contributed by atoms with Crippen LogP contribution >= 0.6 is 0 Å². The van der Waals surface area contributed by atoms with E-state index in [1.54, 1.807) is 0 Å². The number of aliphatic carboxylic acids is 1. The molecule has 0 aromatic carbocycles. The third-order valence-electron chi connectivity index (χ3n) is 2.50. The molecule has 0 fully saturated rings. The maximum Gasteiger partial charge on any atom is 0.307 e. The Hall–Kier alpha value is -1.11. The Morgan fingerprint density at radius 2 is 1.67 bits per heavy atom. The highest BCUT2D eigenvalue weighted by molar-refractivity contribution is 7.92. The van der Waals surface area contributed by atoms with Gasteiger partial charge in [0.15, 0.2) is 9.84 Å². The van der Waals surface area contributed by atoms with Gasteiger partial charge >= 0.3 is 5.97 Å². The van der Waals surface area contributed by atoms with E-state index in [0.29, 0.717) is 6.54 Å². The number of hydrogen-bond donors (Lipinski definition) is 2. The second-order valence-electron chi connectivity index (χ2n) is 4.85. The maximum absolute atomic E-state index is 11.8. The zero-order valence-electron chi connectivity index (χ0n) is 11.1. The third-order valence-corrected chi connectivity index (χ3v) is 4.75. The summed E-state index contributed by atoms with van der Waals surface area (Å²) in [4.78, 5) is 22.2. The Balaban J connectivity index is 4.60. The summed E-state index contributed by atoms with van der Waals surface area (Å²) < 4.78 is 23.6. The second-order valence-corrected chi connectivity index (χ2v) is 7.22. The summed E-state index contributed by atoms with van der Waals surface area (Å²) in [5, 5.41) is 9.98. The topological polar surface area (TPSA) is 101 Å². The number of carboxylic acid groups (broad SMARTS) is 1. The highest BCUT2D eigenvalue weighted by Gasteiger charge is 2.31. The van der Waals surface area contributed by atoms with Crippen molar-refractivity contribution in [2.75, 3.05) is 12.3 Å². The molecule has 18 heavy (non-hydrogen) atoms. The normalized spacial score (nSPS) is 15.2. The van der Waals surface area contributed by atoms with Gasteiger partial charge in [0.2, 0.25) is 5.91 Å². The largest absolute Gasteiger partial charge is 0.481 e. The molecular weight excluding hydrogens is 258 g/mol. The lowest BCUT2D eigenvalue weighted by molar-refractivity contribution is -0.140. The van der Waals surface area contributed by atoms with Crippen LogP contribution < -0.4 is 5.32 Å². The number of carbonyl (C=O) groups is 2. The Morgan fingerprint density at radius 1 is 1.17 bits per heavy atom. The quantitative estimate of drug-likeness (QED) is 0.697. The maximum atomic E-state index is 11.8. The van der Waals surface area contributed by atoms with Gasteiger partial charge in [0.25, 0.3) is 0 Å². The van der Waals surface area contributed by atoms with Gasteiger partial charge in [-0.15, -0.1) is 0 Å². The number of carbonyl (C=O) groups excluding carboxylic acids is 1. The van der Waals surface area contributed by atoms with Crippen molar-refractivity contribution in [2.45, 2.75) is 32.9 Å². The highest BCUT2D eigenvalue weighted by Crippen LogP contribution is 2.09. The molecule has 0 heterocycles. The second kappa shape index (κ2) is 6.72. The van der Waals surface area contributed by atoms with Crippen LogP contribution in [0.1, 0.15) is 27.7 Å². The molecule has 2 N–H and O–H groups in total. The third kappa shape index (κ3) is 5.48. The fourth-order valence-corrected chi connectivity index (χ4v) is 2.71. The minimum absolute atomic E-state index is 0.224. The van der Waals surface area contributed by atoms with Gasteiger partial charge in [-0.3, -0.25) is 9.59 Å². The van der Waals surface area contributed by atoms with Crippen LogP contribution in [0.3, 0.4) is 0 Å². The van der Waals surface area contributed by atoms with Crippen molar-refractivity contribution in [1.82, 2.24) is 5.32 Å². The Labute approximate surface area is 108 Å². The van der Waals surface area contributed by atoms with E-state index < -0.39 is 38.6 Å². The van der Waals surface area contributed by atoms with Crippen molar-refractivity contribution < 1.29 is 23.1 Å². The summed E-state index contributed by atoms with van der Waals surface area (Å²) in [5.74, 6) is -3.09. The molecule has 0 aliphatic carbocycles. The molecule has 0 aliphatic heterocycles. The SMILES string of the molecule is CC(C)CNC(=O)C(C)S(=O)(=O)CC(C)C(=O)O. The summed E-state index contributed by atoms with van der Waals surface area (Å²) >= 11 is 0. The first-order valence-corrected chi connectivity index (χ1v) is 7.51. The van der Waals surface area contributed by atoms with Crippen molar-refractivity contribution in [3.63, 3.8) is 0 Å². The van der Waals surface area contributed by atoms with Crippen molar-refractivity contribution in [3.05, 3.63) is 0 Å². The number of hydrogen-bond acceptors (Lipinski definition) is 4. The standard InChI is InChI=1S/C11H21NO5S/c1-7(2)5-12-10(13)9(4)18(16,17)6-8(3)11(14)15/h7-9H,5-6H2,1-4H3,(H,12,13)(H,14,15). The Bertz CT molecular complexity index is 402. The first-order valence-electron chi connectivity index (χ1n) is 5.80. The van der Waals surface area contributed by atoms with Crippen LogP contribution in [0, 0.1) is 11.8 Å². The van der Waals surface area contributed by atoms with Gasteiger partial charge in [0, 0.05) is 6.54 Å². The minimum Gasteiger partial charge on any atom is -0.481 e. The number of carboxylic acids is 1. The molecule has 0 aromatic rings. The first kappa shape index (κ1) is 16.9. The molecule has 0 saturated carbocycles. The molecule has 6 nitrogen and oxygen atoms in total. The zero-order valence-corrected chi connectivity index (χ0v) is 12.0. The van der Waals surface area contributed by atoms with Crippen LogP contribution in [0.4, 0.5) is 0 Å². The van der Waals surface area contributed by atoms with Gasteiger partial charge in [-0.1, -0.05) is 20.8 Å². The summed E-state index contributed by atoms with van der Waals surface area (Å²) in [5.41, 5.74) is 0. The number of sulfone groups is 1. The average molecular weight is 279 g/mol. The number of amides is 1. The lowest BCUT2D eigenvalue weighted by Gasteiger charge is -2.15. The van der Waals surface area contributed by atoms with Crippen LogP contribution in [0.15, 0.2) is 0 Å². The first-order chi connectivity index (χ1) is 8.08. The molecule has 2 atom stereocenters. The van der Waals surface area contributed by atoms with E-state index in [1.165, 1.54) is 13.8 Å². The van der Waals surface area contributed by atoms with Crippen molar-refractivity contribution >= 4 is 21.7 Å². The van der Waals surface area contributed by atoms with Gasteiger partial charge in [-0.05, 0) is 12.8 Å². The van der Waals surface area contributed by atoms with Crippen LogP contribution in [0.2, 0.25) is 0 Å². The minimum atomic E-state index is -3.74. The van der Waals surface area contributed by atoms with Crippen molar-refractivity contribution in [3.8, 4) is 0 Å². The van der Waals surface area contributed by atoms with Gasteiger partial charge < -0.3 is 10.4 Å².